The van der Waals surface area contributed by atoms with Crippen LogP contribution in [-0.4, -0.2) is 22.1 Å². The number of carbonyl (C=O) groups is 1. The van der Waals surface area contributed by atoms with E-state index in [0.29, 0.717) is 19.3 Å². The first kappa shape index (κ1) is 19.8. The van der Waals surface area contributed by atoms with Crippen molar-refractivity contribution in [3.05, 3.63) is 58.5 Å². The molecule has 1 aliphatic rings. The summed E-state index contributed by atoms with van der Waals surface area (Å²) in [6.45, 7) is 0. The summed E-state index contributed by atoms with van der Waals surface area (Å²) in [5, 5.41) is 12.3. The van der Waals surface area contributed by atoms with E-state index in [1.165, 1.54) is 0 Å². The highest BCUT2D eigenvalue weighted by atomic mass is 16.2. The first-order valence-corrected chi connectivity index (χ1v) is 9.67. The van der Waals surface area contributed by atoms with Gasteiger partial charge in [0.15, 0.2) is 0 Å². The molecule has 1 amide bonds. The summed E-state index contributed by atoms with van der Waals surface area (Å²) in [5.41, 5.74) is 8.25. The predicted molar refractivity (Wildman–Crippen MR) is 108 cm³/mol. The fraction of sp³-hybridized carbons (Fsp3) is 0.409. The highest BCUT2D eigenvalue weighted by Gasteiger charge is 2.36. The smallest absolute Gasteiger partial charge is 0.250 e. The van der Waals surface area contributed by atoms with Crippen molar-refractivity contribution in [2.24, 2.45) is 12.8 Å². The van der Waals surface area contributed by atoms with Crippen LogP contribution in [-0.2, 0) is 18.3 Å². The van der Waals surface area contributed by atoms with Crippen LogP contribution in [0.4, 0.5) is 0 Å². The Hall–Kier alpha value is -2.91. The van der Waals surface area contributed by atoms with Gasteiger partial charge in [-0.2, -0.15) is 5.26 Å². The molecule has 146 valence electrons. The molecule has 3 N–H and O–H groups in total. The zero-order valence-corrected chi connectivity index (χ0v) is 16.1. The van der Waals surface area contributed by atoms with Crippen molar-refractivity contribution in [2.45, 2.75) is 50.1 Å². The minimum absolute atomic E-state index is 0.0522. The summed E-state index contributed by atoms with van der Waals surface area (Å²) in [5.74, 6) is -0.222. The third kappa shape index (κ3) is 4.49. The van der Waals surface area contributed by atoms with E-state index in [-0.39, 0.29) is 11.5 Å². The molecular weight excluding hydrogens is 352 g/mol. The number of hydrogen-bond acceptors (Lipinski definition) is 4. The van der Waals surface area contributed by atoms with E-state index in [9.17, 15) is 14.9 Å². The number of nitrogens with zero attached hydrogens (tertiary/aromatic N) is 2. The number of nitrogens with one attached hydrogen (secondary N) is 1. The lowest BCUT2D eigenvalue weighted by molar-refractivity contribution is -0.127. The van der Waals surface area contributed by atoms with Gasteiger partial charge >= 0.3 is 0 Å². The zero-order chi connectivity index (χ0) is 20.1. The van der Waals surface area contributed by atoms with Gasteiger partial charge in [0, 0.05) is 25.7 Å². The highest BCUT2D eigenvalue weighted by molar-refractivity contribution is 5.86. The van der Waals surface area contributed by atoms with Crippen molar-refractivity contribution >= 4 is 5.91 Å². The Bertz CT molecular complexity index is 934. The second-order valence-electron chi connectivity index (χ2n) is 7.64. The Kier molecular flexibility index (Phi) is 5.96. The molecule has 0 radical (unpaired) electrons. The number of nitriles is 1. The van der Waals surface area contributed by atoms with Crippen LogP contribution in [0.3, 0.4) is 0 Å². The molecule has 1 aliphatic carbocycles. The quantitative estimate of drug-likeness (QED) is 0.833. The number of pyridine rings is 1. The van der Waals surface area contributed by atoms with E-state index < -0.39 is 11.6 Å². The standard InChI is InChI=1S/C22H26N4O2/c1-26-15-18(9-10-20(26)27)17-7-5-16(6-8-17)13-19(14-23)25-21(28)22(24)11-3-2-4-12-22/h5-10,15,19H,2-4,11-13,24H2,1H3,(H,25,28). The fourth-order valence-electron chi connectivity index (χ4n) is 3.67. The van der Waals surface area contributed by atoms with Crippen molar-refractivity contribution in [3.63, 3.8) is 0 Å². The van der Waals surface area contributed by atoms with E-state index in [4.69, 9.17) is 5.73 Å². The molecule has 28 heavy (non-hydrogen) atoms. The third-order valence-electron chi connectivity index (χ3n) is 5.47. The Morgan fingerprint density at radius 3 is 2.43 bits per heavy atom. The van der Waals surface area contributed by atoms with Gasteiger partial charge in [-0.25, -0.2) is 0 Å². The highest BCUT2D eigenvalue weighted by Crippen LogP contribution is 2.26. The SMILES string of the molecule is Cn1cc(-c2ccc(CC(C#N)NC(=O)C3(N)CCCCC3)cc2)ccc1=O. The van der Waals surface area contributed by atoms with Gasteiger partial charge in [0.25, 0.3) is 0 Å². The fourth-order valence-corrected chi connectivity index (χ4v) is 3.67. The van der Waals surface area contributed by atoms with Crippen LogP contribution >= 0.6 is 0 Å². The van der Waals surface area contributed by atoms with Crippen molar-refractivity contribution in [1.82, 2.24) is 9.88 Å². The predicted octanol–water partition coefficient (Wildman–Crippen LogP) is 2.26. The second-order valence-corrected chi connectivity index (χ2v) is 7.64. The largest absolute Gasteiger partial charge is 0.338 e. The minimum atomic E-state index is -0.847. The van der Waals surface area contributed by atoms with E-state index in [1.54, 1.807) is 29.9 Å². The molecule has 0 aliphatic heterocycles. The number of rotatable bonds is 5. The van der Waals surface area contributed by atoms with E-state index >= 15 is 0 Å². The molecule has 1 aromatic carbocycles. The Morgan fingerprint density at radius 2 is 1.82 bits per heavy atom. The number of nitrogens with two attached hydrogens (primary N) is 1. The average Bonchev–Trinajstić information content (AvgIpc) is 2.70. The van der Waals surface area contributed by atoms with Crippen LogP contribution in [0.5, 0.6) is 0 Å². The maximum absolute atomic E-state index is 12.6. The molecule has 0 saturated heterocycles. The van der Waals surface area contributed by atoms with Crippen LogP contribution in [0.2, 0.25) is 0 Å². The van der Waals surface area contributed by atoms with Crippen molar-refractivity contribution in [1.29, 1.82) is 5.26 Å². The van der Waals surface area contributed by atoms with Crippen LogP contribution in [0.1, 0.15) is 37.7 Å². The number of carbonyl (C=O) groups excluding carboxylic acids is 1. The molecule has 2 aromatic rings. The molecule has 1 unspecified atom stereocenters. The van der Waals surface area contributed by atoms with Gasteiger partial charge in [-0.05, 0) is 35.6 Å². The monoisotopic (exact) mass is 378 g/mol. The Labute approximate surface area is 165 Å². The lowest BCUT2D eigenvalue weighted by atomic mass is 9.81. The lowest BCUT2D eigenvalue weighted by Gasteiger charge is -2.32. The van der Waals surface area contributed by atoms with Crippen LogP contribution in [0.15, 0.2) is 47.4 Å². The maximum Gasteiger partial charge on any atom is 0.250 e. The second kappa shape index (κ2) is 8.41. The summed E-state index contributed by atoms with van der Waals surface area (Å²) in [6, 6.07) is 12.7. The molecule has 0 bridgehead atoms. The maximum atomic E-state index is 12.6. The van der Waals surface area contributed by atoms with Gasteiger partial charge in [0.05, 0.1) is 11.6 Å². The van der Waals surface area contributed by atoms with Crippen LogP contribution in [0, 0.1) is 11.3 Å². The first-order chi connectivity index (χ1) is 13.4. The van der Waals surface area contributed by atoms with E-state index in [0.717, 1.165) is 36.0 Å². The average molecular weight is 378 g/mol. The van der Waals surface area contributed by atoms with Crippen LogP contribution < -0.4 is 16.6 Å². The summed E-state index contributed by atoms with van der Waals surface area (Å²) in [7, 11) is 1.72. The molecule has 1 aromatic heterocycles. The van der Waals surface area contributed by atoms with Crippen LogP contribution in [0.25, 0.3) is 11.1 Å². The third-order valence-corrected chi connectivity index (χ3v) is 5.47. The Morgan fingerprint density at radius 1 is 1.18 bits per heavy atom. The van der Waals surface area contributed by atoms with Gasteiger partial charge < -0.3 is 15.6 Å². The summed E-state index contributed by atoms with van der Waals surface area (Å²) in [6.07, 6.45) is 6.57. The molecule has 6 heteroatoms. The molecule has 0 spiro atoms. The summed E-state index contributed by atoms with van der Waals surface area (Å²) < 4.78 is 1.54. The van der Waals surface area contributed by atoms with Crippen molar-refractivity contribution in [3.8, 4) is 17.2 Å². The summed E-state index contributed by atoms with van der Waals surface area (Å²) in [4.78, 5) is 24.1. The Balaban J connectivity index is 1.66. The number of aryl methyl sites for hydroxylation is 1. The zero-order valence-electron chi connectivity index (χ0n) is 16.1. The van der Waals surface area contributed by atoms with Crippen molar-refractivity contribution in [2.75, 3.05) is 0 Å². The molecule has 1 heterocycles. The number of amides is 1. The molecule has 6 nitrogen and oxygen atoms in total. The normalized spacial score (nSPS) is 16.8. The first-order valence-electron chi connectivity index (χ1n) is 9.67. The molecule has 1 fully saturated rings. The lowest BCUT2D eigenvalue weighted by Crippen LogP contribution is -2.57. The number of hydrogen-bond donors (Lipinski definition) is 2. The minimum Gasteiger partial charge on any atom is -0.338 e. The van der Waals surface area contributed by atoms with Gasteiger partial charge in [-0.1, -0.05) is 43.5 Å². The van der Waals surface area contributed by atoms with Gasteiger partial charge in [0.2, 0.25) is 11.5 Å². The van der Waals surface area contributed by atoms with Crippen molar-refractivity contribution < 1.29 is 4.79 Å². The van der Waals surface area contributed by atoms with E-state index in [1.807, 2.05) is 24.3 Å². The summed E-state index contributed by atoms with van der Waals surface area (Å²) >= 11 is 0. The number of aromatic nitrogens is 1. The number of benzene rings is 1. The molecular formula is C22H26N4O2. The molecule has 1 saturated carbocycles. The van der Waals surface area contributed by atoms with Gasteiger partial charge in [-0.3, -0.25) is 9.59 Å². The molecule has 1 atom stereocenters. The molecule has 3 rings (SSSR count). The topological polar surface area (TPSA) is 101 Å². The van der Waals surface area contributed by atoms with Gasteiger partial charge in [0.1, 0.15) is 6.04 Å². The van der Waals surface area contributed by atoms with Gasteiger partial charge in [-0.15, -0.1) is 0 Å². The van der Waals surface area contributed by atoms with E-state index in [2.05, 4.69) is 11.4 Å².